The number of fused-ring (bicyclic) bond motifs is 3. The minimum absolute atomic E-state index is 0. The van der Waals surface area contributed by atoms with Gasteiger partial charge in [0.1, 0.15) is 0 Å². The van der Waals surface area contributed by atoms with Crippen molar-refractivity contribution in [2.45, 2.75) is 39.0 Å². The molecule has 0 amide bonds. The van der Waals surface area contributed by atoms with Crippen LogP contribution in [0.1, 0.15) is 52.6 Å². The summed E-state index contributed by atoms with van der Waals surface area (Å²) in [5.74, 6) is 0. The van der Waals surface area contributed by atoms with Gasteiger partial charge in [-0.25, -0.2) is 0 Å². The third-order valence-corrected chi connectivity index (χ3v) is 20.1. The number of aryl methyl sites for hydroxylation is 1. The smallest absolute Gasteiger partial charge is 0.147 e. The summed E-state index contributed by atoms with van der Waals surface area (Å²) in [6, 6.07) is 32.3. The summed E-state index contributed by atoms with van der Waals surface area (Å²) in [5.41, 5.74) is 7.42. The van der Waals surface area contributed by atoms with Crippen LogP contribution in [0.3, 0.4) is 0 Å². The van der Waals surface area contributed by atoms with Crippen molar-refractivity contribution in [3.05, 3.63) is 133 Å². The maximum atomic E-state index is 2.49. The summed E-state index contributed by atoms with van der Waals surface area (Å²) in [5, 5.41) is 0. The molecule has 1 heterocycles. The molecule has 0 N–H and O–H groups in total. The van der Waals surface area contributed by atoms with E-state index < -0.39 is 21.0 Å². The fourth-order valence-electron chi connectivity index (χ4n) is 5.50. The first kappa shape index (κ1) is 28.2. The van der Waals surface area contributed by atoms with E-state index in [1.54, 1.807) is 15.5 Å². The SMILES string of the molecule is CCCCc1ccc(/[C](c2ccccc2)=[Hf](/[C]2=CC=CC2)[c]2cccc3c2Cc2ccccc2-3)s1.Cl.Cl. The first-order valence-electron chi connectivity index (χ1n) is 12.8. The molecule has 0 fully saturated rings. The van der Waals surface area contributed by atoms with Crippen molar-refractivity contribution in [3.8, 4) is 11.1 Å². The molecule has 0 aliphatic heterocycles. The maximum Gasteiger partial charge on any atom is -0.147 e. The van der Waals surface area contributed by atoms with Gasteiger partial charge in [-0.1, -0.05) is 0 Å². The average Bonchev–Trinajstić information content (AvgIpc) is 3.66. The van der Waals surface area contributed by atoms with Gasteiger partial charge >= 0.3 is 222 Å². The Morgan fingerprint density at radius 1 is 0.838 bits per heavy atom. The topological polar surface area (TPSA) is 0 Å². The molecule has 0 spiro atoms. The Balaban J connectivity index is 0.00000160. The Kier molecular flexibility index (Phi) is 9.75. The zero-order valence-corrected chi connectivity index (χ0v) is 27.1. The molecule has 0 saturated heterocycles. The largest absolute Gasteiger partial charge is 0.147 e. The zero-order valence-electron chi connectivity index (χ0n) is 21.1. The predicted molar refractivity (Wildman–Crippen MR) is 163 cm³/mol. The number of allylic oxidation sites excluding steroid dienone is 4. The minimum atomic E-state index is -2.70. The van der Waals surface area contributed by atoms with Crippen LogP contribution in [0.25, 0.3) is 11.1 Å². The molecule has 1 aromatic heterocycles. The molecular formula is C33H32Cl2HfS. The van der Waals surface area contributed by atoms with Gasteiger partial charge in [0.15, 0.2) is 0 Å². The van der Waals surface area contributed by atoms with Crippen LogP contribution in [0.5, 0.6) is 0 Å². The summed E-state index contributed by atoms with van der Waals surface area (Å²) >= 11 is -0.655. The number of benzene rings is 3. The molecule has 188 valence electrons. The van der Waals surface area contributed by atoms with Crippen LogP contribution >= 0.6 is 36.2 Å². The second kappa shape index (κ2) is 12.8. The number of unbranched alkanes of at least 4 members (excludes halogenated alkanes) is 1. The van der Waals surface area contributed by atoms with E-state index in [0.29, 0.717) is 0 Å². The van der Waals surface area contributed by atoms with Crippen LogP contribution < -0.4 is 3.32 Å². The van der Waals surface area contributed by atoms with Crippen LogP contribution in [0.15, 0.2) is 106 Å². The van der Waals surface area contributed by atoms with Crippen molar-refractivity contribution in [2.24, 2.45) is 0 Å². The third-order valence-electron chi connectivity index (χ3n) is 7.21. The summed E-state index contributed by atoms with van der Waals surface area (Å²) in [4.78, 5) is 3.04. The predicted octanol–water partition coefficient (Wildman–Crippen LogP) is 8.86. The molecule has 0 bridgehead atoms. The van der Waals surface area contributed by atoms with Crippen LogP contribution in [0, 0.1) is 0 Å². The van der Waals surface area contributed by atoms with Crippen molar-refractivity contribution in [1.29, 1.82) is 0 Å². The number of rotatable bonds is 7. The maximum absolute atomic E-state index is 2.70. The zero-order chi connectivity index (χ0) is 23.6. The molecule has 4 heteroatoms. The Morgan fingerprint density at radius 3 is 2.41 bits per heavy atom. The average molecular weight is 710 g/mol. The molecule has 6 rings (SSSR count). The van der Waals surface area contributed by atoms with E-state index in [2.05, 4.69) is 110 Å². The van der Waals surface area contributed by atoms with Gasteiger partial charge in [0, 0.05) is 0 Å². The Hall–Kier alpha value is -1.84. The van der Waals surface area contributed by atoms with Crippen molar-refractivity contribution in [2.75, 3.05) is 0 Å². The molecule has 4 aromatic rings. The Bertz CT molecular complexity index is 1480. The molecule has 37 heavy (non-hydrogen) atoms. The van der Waals surface area contributed by atoms with E-state index in [1.807, 2.05) is 11.3 Å². The number of halogens is 2. The van der Waals surface area contributed by atoms with Gasteiger partial charge in [-0.2, -0.15) is 0 Å². The van der Waals surface area contributed by atoms with Crippen LogP contribution in [-0.4, -0.2) is 3.26 Å². The van der Waals surface area contributed by atoms with E-state index in [4.69, 9.17) is 0 Å². The van der Waals surface area contributed by atoms with Crippen molar-refractivity contribution in [1.82, 2.24) is 0 Å². The molecule has 2 aliphatic carbocycles. The van der Waals surface area contributed by atoms with E-state index in [-0.39, 0.29) is 24.8 Å². The van der Waals surface area contributed by atoms with E-state index >= 15 is 0 Å². The molecule has 2 aliphatic rings. The second-order valence-corrected chi connectivity index (χ2v) is 19.4. The van der Waals surface area contributed by atoms with E-state index in [0.717, 1.165) is 12.8 Å². The van der Waals surface area contributed by atoms with Gasteiger partial charge in [0.2, 0.25) is 0 Å². The molecule has 0 radical (unpaired) electrons. The van der Waals surface area contributed by atoms with Crippen molar-refractivity contribution < 1.29 is 21.0 Å². The first-order chi connectivity index (χ1) is 17.3. The third kappa shape index (κ3) is 5.64. The first-order valence-corrected chi connectivity index (χ1v) is 19.0. The summed E-state index contributed by atoms with van der Waals surface area (Å²) in [6.45, 7) is 2.29. The molecule has 0 saturated carbocycles. The van der Waals surface area contributed by atoms with Gasteiger partial charge in [0.25, 0.3) is 0 Å². The molecular weight excluding hydrogens is 678 g/mol. The minimum Gasteiger partial charge on any atom is -0.147 e. The van der Waals surface area contributed by atoms with Crippen LogP contribution in [0.2, 0.25) is 0 Å². The standard InChI is InChI=1S/C15H16S.C13H9.C5H5.2ClH.Hf/c1-2-3-9-14-10-11-15(16-14)12-13-7-5-4-6-8-13;1-3-7-12-10(5-1)9-11-6-2-4-8-13(11)12;1-2-4-5-3-1;;;/h4-8,10-11H,2-3,9H2,1H3;1-5,7-8H,9H2;1-3H,4H2;2*1H;. The van der Waals surface area contributed by atoms with Crippen molar-refractivity contribution >= 4 is 42.7 Å². The van der Waals surface area contributed by atoms with Gasteiger partial charge in [-0.15, -0.1) is 24.8 Å². The molecule has 0 atom stereocenters. The normalized spacial score (nSPS) is 13.7. The van der Waals surface area contributed by atoms with Gasteiger partial charge < -0.3 is 0 Å². The van der Waals surface area contributed by atoms with Crippen LogP contribution in [0.4, 0.5) is 0 Å². The Morgan fingerprint density at radius 2 is 1.62 bits per heavy atom. The number of thiophene rings is 1. The monoisotopic (exact) mass is 710 g/mol. The fraction of sp³-hybridized carbons (Fsp3) is 0.182. The number of hydrogen-bond donors (Lipinski definition) is 0. The van der Waals surface area contributed by atoms with Gasteiger partial charge in [0.05, 0.1) is 0 Å². The second-order valence-electron chi connectivity index (χ2n) is 9.48. The number of hydrogen-bond acceptors (Lipinski definition) is 1. The quantitative estimate of drug-likeness (QED) is 0.148. The molecule has 0 nitrogen and oxygen atoms in total. The van der Waals surface area contributed by atoms with Gasteiger partial charge in [-0.3, -0.25) is 0 Å². The Labute approximate surface area is 245 Å². The van der Waals surface area contributed by atoms with Gasteiger partial charge in [-0.05, 0) is 0 Å². The van der Waals surface area contributed by atoms with Crippen molar-refractivity contribution in [3.63, 3.8) is 0 Å². The molecule has 0 unspecified atom stereocenters. The summed E-state index contributed by atoms with van der Waals surface area (Å²) in [7, 11) is 0. The summed E-state index contributed by atoms with van der Waals surface area (Å²) < 4.78 is 5.06. The van der Waals surface area contributed by atoms with E-state index in [9.17, 15) is 0 Å². The summed E-state index contributed by atoms with van der Waals surface area (Å²) in [6.07, 6.45) is 13.0. The molecule has 3 aromatic carbocycles. The fourth-order valence-corrected chi connectivity index (χ4v) is 19.0. The van der Waals surface area contributed by atoms with Crippen LogP contribution in [-0.2, 0) is 33.8 Å². The van der Waals surface area contributed by atoms with E-state index in [1.165, 1.54) is 51.3 Å².